The Hall–Kier alpha value is -3.24. The fourth-order valence-corrected chi connectivity index (χ4v) is 4.05. The van der Waals surface area contributed by atoms with Crippen LogP contribution in [0.5, 0.6) is 0 Å². The summed E-state index contributed by atoms with van der Waals surface area (Å²) < 4.78 is 12.1. The number of aromatic nitrogens is 1. The number of aliphatic hydroxyl groups is 1. The summed E-state index contributed by atoms with van der Waals surface area (Å²) >= 11 is 6.28. The van der Waals surface area contributed by atoms with Crippen LogP contribution in [0.25, 0.3) is 11.8 Å². The van der Waals surface area contributed by atoms with Crippen molar-refractivity contribution in [1.82, 2.24) is 9.88 Å². The molecule has 0 amide bonds. The number of carbonyl (C=O) groups is 1. The SMILES string of the molecule is CCOC(=O)C(C#N)=c1sc(=CNc2ccc(NC(=S)NCCOCCO)cc2)c(=O)n1CC. The fraction of sp³-hybridized carbons (Fsp3) is 0.364. The summed E-state index contributed by atoms with van der Waals surface area (Å²) in [5, 5.41) is 27.6. The summed E-state index contributed by atoms with van der Waals surface area (Å²) in [6.45, 7) is 5.08. The summed E-state index contributed by atoms with van der Waals surface area (Å²) in [5.41, 5.74) is 1.01. The molecule has 0 bridgehead atoms. The average molecular weight is 506 g/mol. The van der Waals surface area contributed by atoms with Crippen LogP contribution in [0.1, 0.15) is 13.8 Å². The molecule has 0 fully saturated rings. The zero-order chi connectivity index (χ0) is 24.9. The van der Waals surface area contributed by atoms with Crippen LogP contribution in [0.4, 0.5) is 11.4 Å². The van der Waals surface area contributed by atoms with Crippen molar-refractivity contribution in [2.45, 2.75) is 20.4 Å². The van der Waals surface area contributed by atoms with Gasteiger partial charge in [-0.25, -0.2) is 4.79 Å². The van der Waals surface area contributed by atoms with E-state index >= 15 is 0 Å². The second-order valence-electron chi connectivity index (χ2n) is 6.61. The van der Waals surface area contributed by atoms with Gasteiger partial charge in [0.1, 0.15) is 15.3 Å². The van der Waals surface area contributed by atoms with Gasteiger partial charge in [0.15, 0.2) is 10.7 Å². The molecule has 182 valence electrons. The first-order valence-corrected chi connectivity index (χ1v) is 11.8. The first-order valence-electron chi connectivity index (χ1n) is 10.6. The van der Waals surface area contributed by atoms with E-state index in [0.29, 0.717) is 29.3 Å². The minimum absolute atomic E-state index is 0.0180. The number of nitrogens with one attached hydrogen (secondary N) is 3. The lowest BCUT2D eigenvalue weighted by Gasteiger charge is -2.11. The lowest BCUT2D eigenvalue weighted by Crippen LogP contribution is -2.32. The third-order valence-electron chi connectivity index (χ3n) is 4.31. The number of benzene rings is 1. The maximum Gasteiger partial charge on any atom is 0.351 e. The molecular formula is C22H27N5O5S2. The summed E-state index contributed by atoms with van der Waals surface area (Å²) in [5.74, 6) is -0.749. The summed E-state index contributed by atoms with van der Waals surface area (Å²) in [6.07, 6.45) is 1.55. The second kappa shape index (κ2) is 14.1. The van der Waals surface area contributed by atoms with Crippen LogP contribution in [-0.4, -0.2) is 53.7 Å². The van der Waals surface area contributed by atoms with Gasteiger partial charge in [-0.05, 0) is 50.3 Å². The molecule has 0 saturated heterocycles. The number of esters is 1. The van der Waals surface area contributed by atoms with Gasteiger partial charge in [-0.1, -0.05) is 0 Å². The van der Waals surface area contributed by atoms with Crippen LogP contribution in [0.2, 0.25) is 0 Å². The molecule has 1 heterocycles. The normalized spacial score (nSPS) is 12.0. The Bertz CT molecular complexity index is 1200. The molecule has 10 nitrogen and oxygen atoms in total. The van der Waals surface area contributed by atoms with Crippen LogP contribution >= 0.6 is 23.6 Å². The predicted octanol–water partition coefficient (Wildman–Crippen LogP) is 0.312. The Labute approximate surface area is 206 Å². The number of nitrogens with zero attached hydrogens (tertiary/aromatic N) is 2. The molecule has 2 rings (SSSR count). The van der Waals surface area contributed by atoms with Crippen molar-refractivity contribution in [1.29, 1.82) is 5.26 Å². The Morgan fingerprint density at radius 2 is 1.97 bits per heavy atom. The van der Waals surface area contributed by atoms with Crippen molar-refractivity contribution in [3.63, 3.8) is 0 Å². The summed E-state index contributed by atoms with van der Waals surface area (Å²) in [4.78, 5) is 24.8. The first kappa shape index (κ1) is 27.0. The molecule has 12 heteroatoms. The van der Waals surface area contributed by atoms with Gasteiger partial charge in [-0.3, -0.25) is 9.36 Å². The molecule has 2 aromatic rings. The van der Waals surface area contributed by atoms with E-state index in [-0.39, 0.29) is 35.6 Å². The van der Waals surface area contributed by atoms with Gasteiger partial charge in [-0.2, -0.15) is 5.26 Å². The van der Waals surface area contributed by atoms with E-state index < -0.39 is 5.97 Å². The molecule has 4 N–H and O–H groups in total. The van der Waals surface area contributed by atoms with Crippen LogP contribution in [0, 0.1) is 11.3 Å². The number of thiocarbonyl (C=S) groups is 1. The molecule has 0 saturated carbocycles. The standard InChI is InChI=1S/C22H27N5O5S2/c1-3-27-19(29)18(34-20(27)17(13-23)21(30)32-4-2)14-25-15-5-7-16(8-6-15)26-22(33)24-9-11-31-12-10-28/h5-8,14,25,28H,3-4,9-12H2,1-2H3,(H2,24,26,33). The molecule has 0 aliphatic heterocycles. The largest absolute Gasteiger partial charge is 0.462 e. The molecule has 0 spiro atoms. The van der Waals surface area contributed by atoms with Crippen LogP contribution < -0.4 is 30.7 Å². The summed E-state index contributed by atoms with van der Waals surface area (Å²) in [7, 11) is 0. The van der Waals surface area contributed by atoms with E-state index in [9.17, 15) is 14.9 Å². The van der Waals surface area contributed by atoms with Crippen LogP contribution in [0.3, 0.4) is 0 Å². The lowest BCUT2D eigenvalue weighted by atomic mass is 10.3. The fourth-order valence-electron chi connectivity index (χ4n) is 2.75. The van der Waals surface area contributed by atoms with E-state index in [4.69, 9.17) is 26.8 Å². The molecule has 0 radical (unpaired) electrons. The average Bonchev–Trinajstić information content (AvgIpc) is 3.14. The molecule has 34 heavy (non-hydrogen) atoms. The Balaban J connectivity index is 2.12. The van der Waals surface area contributed by atoms with Crippen molar-refractivity contribution in [3.05, 3.63) is 43.8 Å². The molecule has 0 aliphatic carbocycles. The maximum absolute atomic E-state index is 12.7. The molecular weight excluding hydrogens is 478 g/mol. The Morgan fingerprint density at radius 3 is 2.59 bits per heavy atom. The smallest absolute Gasteiger partial charge is 0.351 e. The van der Waals surface area contributed by atoms with Gasteiger partial charge in [-0.15, -0.1) is 11.3 Å². The Kier molecular flexibility index (Phi) is 11.2. The summed E-state index contributed by atoms with van der Waals surface area (Å²) in [6, 6.07) is 9.11. The third kappa shape index (κ3) is 7.67. The second-order valence-corrected chi connectivity index (χ2v) is 8.05. The predicted molar refractivity (Wildman–Crippen MR) is 136 cm³/mol. The topological polar surface area (TPSA) is 138 Å². The zero-order valence-corrected chi connectivity index (χ0v) is 20.6. The minimum atomic E-state index is -0.749. The number of rotatable bonds is 11. The van der Waals surface area contributed by atoms with Crippen molar-refractivity contribution in [2.24, 2.45) is 0 Å². The Morgan fingerprint density at radius 1 is 1.26 bits per heavy atom. The number of thiazole rings is 1. The number of carbonyl (C=O) groups excluding carboxylic acids is 1. The van der Waals surface area contributed by atoms with Gasteiger partial charge in [0, 0.05) is 30.7 Å². The van der Waals surface area contributed by atoms with Gasteiger partial charge in [0.05, 0.1) is 26.4 Å². The number of aliphatic hydroxyl groups excluding tert-OH is 1. The van der Waals surface area contributed by atoms with Crippen molar-refractivity contribution < 1.29 is 19.4 Å². The molecule has 1 aromatic heterocycles. The quantitative estimate of drug-likeness (QED) is 0.192. The van der Waals surface area contributed by atoms with Gasteiger partial charge in [0.25, 0.3) is 5.56 Å². The highest BCUT2D eigenvalue weighted by atomic mass is 32.1. The van der Waals surface area contributed by atoms with Crippen molar-refractivity contribution in [2.75, 3.05) is 43.6 Å². The van der Waals surface area contributed by atoms with Crippen molar-refractivity contribution in [3.8, 4) is 6.07 Å². The number of ether oxygens (including phenoxy) is 2. The number of hydrogen-bond donors (Lipinski definition) is 4. The highest BCUT2D eigenvalue weighted by Crippen LogP contribution is 2.13. The minimum Gasteiger partial charge on any atom is -0.462 e. The highest BCUT2D eigenvalue weighted by molar-refractivity contribution is 7.80. The van der Waals surface area contributed by atoms with E-state index in [1.165, 1.54) is 4.57 Å². The zero-order valence-electron chi connectivity index (χ0n) is 18.9. The number of nitriles is 1. The van der Waals surface area contributed by atoms with Crippen molar-refractivity contribution >= 4 is 57.8 Å². The van der Waals surface area contributed by atoms with Gasteiger partial charge < -0.3 is 30.5 Å². The third-order valence-corrected chi connectivity index (χ3v) is 5.69. The van der Waals surface area contributed by atoms with Gasteiger partial charge in [0.2, 0.25) is 0 Å². The van der Waals surface area contributed by atoms with E-state index in [1.807, 2.05) is 30.3 Å². The molecule has 1 aromatic carbocycles. The lowest BCUT2D eigenvalue weighted by molar-refractivity contribution is -0.136. The van der Waals surface area contributed by atoms with Gasteiger partial charge >= 0.3 is 5.97 Å². The van der Waals surface area contributed by atoms with Crippen LogP contribution in [-0.2, 0) is 20.8 Å². The molecule has 0 aliphatic rings. The van der Waals surface area contributed by atoms with Crippen LogP contribution in [0.15, 0.2) is 29.1 Å². The maximum atomic E-state index is 12.7. The number of hydrogen-bond acceptors (Lipinski definition) is 9. The first-order chi connectivity index (χ1) is 16.4. The van der Waals surface area contributed by atoms with E-state index in [0.717, 1.165) is 22.7 Å². The number of anilines is 2. The van der Waals surface area contributed by atoms with E-state index in [2.05, 4.69) is 16.0 Å². The molecule has 0 atom stereocenters. The highest BCUT2D eigenvalue weighted by Gasteiger charge is 2.16. The monoisotopic (exact) mass is 505 g/mol. The van der Waals surface area contributed by atoms with E-state index in [1.54, 1.807) is 20.0 Å². The molecule has 0 unspecified atom stereocenters.